The Morgan fingerprint density at radius 1 is 1.12 bits per heavy atom. The largest absolute Gasteiger partial charge is 0.347 e. The summed E-state index contributed by atoms with van der Waals surface area (Å²) in [7, 11) is 0. The Morgan fingerprint density at radius 3 is 2.58 bits per heavy atom. The van der Waals surface area contributed by atoms with Crippen molar-refractivity contribution in [2.75, 3.05) is 6.54 Å². The molecule has 0 bridgehead atoms. The molecule has 1 unspecified atom stereocenters. The summed E-state index contributed by atoms with van der Waals surface area (Å²) in [6, 6.07) is 14.0. The van der Waals surface area contributed by atoms with Gasteiger partial charge in [-0.15, -0.1) is 11.3 Å². The Kier molecular flexibility index (Phi) is 5.48. The standard InChI is InChI=1S/C18H21N3O2S/c22-17(12-19-18(23)20-14-8-9-14)21-15(16-7-4-10-24-16)11-13-5-2-1-3-6-13/h1-7,10,14-15H,8-9,11-12H2,(H,21,22)(H2,19,20,23). The number of urea groups is 1. The number of carbonyl (C=O) groups is 2. The van der Waals surface area contributed by atoms with E-state index < -0.39 is 0 Å². The second-order valence-electron chi connectivity index (χ2n) is 5.93. The van der Waals surface area contributed by atoms with Gasteiger partial charge < -0.3 is 16.0 Å². The van der Waals surface area contributed by atoms with Crippen LogP contribution in [0.25, 0.3) is 0 Å². The van der Waals surface area contributed by atoms with Crippen LogP contribution in [0, 0.1) is 0 Å². The Balaban J connectivity index is 1.54. The third-order valence-electron chi connectivity index (χ3n) is 3.83. The fourth-order valence-corrected chi connectivity index (χ4v) is 3.21. The molecule has 1 aromatic carbocycles. The third-order valence-corrected chi connectivity index (χ3v) is 4.81. The molecular weight excluding hydrogens is 322 g/mol. The predicted molar refractivity (Wildman–Crippen MR) is 94.9 cm³/mol. The molecule has 1 aliphatic rings. The van der Waals surface area contributed by atoms with Crippen LogP contribution in [0.4, 0.5) is 4.79 Å². The Labute approximate surface area is 145 Å². The molecule has 3 N–H and O–H groups in total. The molecule has 24 heavy (non-hydrogen) atoms. The van der Waals surface area contributed by atoms with E-state index in [4.69, 9.17) is 0 Å². The van der Waals surface area contributed by atoms with E-state index in [0.29, 0.717) is 0 Å². The second-order valence-corrected chi connectivity index (χ2v) is 6.91. The number of hydrogen-bond acceptors (Lipinski definition) is 3. The topological polar surface area (TPSA) is 70.2 Å². The molecule has 1 aromatic heterocycles. The molecule has 1 saturated carbocycles. The van der Waals surface area contributed by atoms with Gasteiger partial charge in [-0.3, -0.25) is 4.79 Å². The van der Waals surface area contributed by atoms with Gasteiger partial charge in [-0.05, 0) is 36.3 Å². The zero-order valence-corrected chi connectivity index (χ0v) is 14.1. The van der Waals surface area contributed by atoms with Gasteiger partial charge in [-0.25, -0.2) is 4.79 Å². The molecular formula is C18H21N3O2S. The number of hydrogen-bond donors (Lipinski definition) is 3. The summed E-state index contributed by atoms with van der Waals surface area (Å²) < 4.78 is 0. The van der Waals surface area contributed by atoms with Crippen LogP contribution in [0.3, 0.4) is 0 Å². The number of carbonyl (C=O) groups excluding carboxylic acids is 2. The maximum absolute atomic E-state index is 12.2. The summed E-state index contributed by atoms with van der Waals surface area (Å²) in [6.07, 6.45) is 2.77. The molecule has 3 rings (SSSR count). The van der Waals surface area contributed by atoms with Crippen LogP contribution in [0.1, 0.15) is 29.3 Å². The molecule has 0 spiro atoms. The first kappa shape index (κ1) is 16.5. The van der Waals surface area contributed by atoms with E-state index in [2.05, 4.69) is 16.0 Å². The van der Waals surface area contributed by atoms with Crippen LogP contribution in [0.15, 0.2) is 47.8 Å². The second kappa shape index (κ2) is 7.97. The van der Waals surface area contributed by atoms with Crippen LogP contribution in [-0.2, 0) is 11.2 Å². The van der Waals surface area contributed by atoms with Gasteiger partial charge in [-0.2, -0.15) is 0 Å². The van der Waals surface area contributed by atoms with E-state index in [0.717, 1.165) is 29.7 Å². The van der Waals surface area contributed by atoms with Gasteiger partial charge >= 0.3 is 6.03 Å². The molecule has 1 atom stereocenters. The van der Waals surface area contributed by atoms with Crippen molar-refractivity contribution in [2.24, 2.45) is 0 Å². The minimum absolute atomic E-state index is 0.0186. The molecule has 0 aliphatic heterocycles. The van der Waals surface area contributed by atoms with E-state index in [1.807, 2.05) is 47.8 Å². The summed E-state index contributed by atoms with van der Waals surface area (Å²) in [5.41, 5.74) is 1.16. The Bertz CT molecular complexity index is 669. The molecule has 1 aliphatic carbocycles. The zero-order chi connectivity index (χ0) is 16.8. The average molecular weight is 343 g/mol. The van der Waals surface area contributed by atoms with Gasteiger partial charge in [0, 0.05) is 10.9 Å². The van der Waals surface area contributed by atoms with Gasteiger partial charge in [0.2, 0.25) is 5.91 Å². The SMILES string of the molecule is O=C(CNC(=O)NC1CC1)NC(Cc1ccccc1)c1cccs1. The van der Waals surface area contributed by atoms with E-state index in [-0.39, 0.29) is 30.6 Å². The van der Waals surface area contributed by atoms with Gasteiger partial charge in [0.15, 0.2) is 0 Å². The fraction of sp³-hybridized carbons (Fsp3) is 0.333. The van der Waals surface area contributed by atoms with E-state index in [1.165, 1.54) is 0 Å². The van der Waals surface area contributed by atoms with Crippen molar-refractivity contribution >= 4 is 23.3 Å². The highest BCUT2D eigenvalue weighted by Crippen LogP contribution is 2.23. The lowest BCUT2D eigenvalue weighted by Crippen LogP contribution is -2.43. The lowest BCUT2D eigenvalue weighted by Gasteiger charge is -2.18. The molecule has 3 amide bonds. The van der Waals surface area contributed by atoms with Gasteiger partial charge in [0.05, 0.1) is 12.6 Å². The first-order valence-corrected chi connectivity index (χ1v) is 9.00. The van der Waals surface area contributed by atoms with Crippen LogP contribution >= 0.6 is 11.3 Å². The summed E-state index contributed by atoms with van der Waals surface area (Å²) in [6.45, 7) is -0.0186. The number of nitrogens with one attached hydrogen (secondary N) is 3. The summed E-state index contributed by atoms with van der Waals surface area (Å²) in [4.78, 5) is 24.9. The summed E-state index contributed by atoms with van der Waals surface area (Å²) >= 11 is 1.62. The molecule has 0 saturated heterocycles. The first-order valence-electron chi connectivity index (χ1n) is 8.12. The van der Waals surface area contributed by atoms with Gasteiger partial charge in [0.1, 0.15) is 0 Å². The van der Waals surface area contributed by atoms with Crippen molar-refractivity contribution in [3.8, 4) is 0 Å². The van der Waals surface area contributed by atoms with Crippen molar-refractivity contribution < 1.29 is 9.59 Å². The maximum atomic E-state index is 12.2. The lowest BCUT2D eigenvalue weighted by atomic mass is 10.0. The fourth-order valence-electron chi connectivity index (χ4n) is 2.43. The smallest absolute Gasteiger partial charge is 0.315 e. The van der Waals surface area contributed by atoms with Crippen molar-refractivity contribution in [2.45, 2.75) is 31.3 Å². The monoisotopic (exact) mass is 343 g/mol. The number of rotatable bonds is 7. The van der Waals surface area contributed by atoms with Crippen molar-refractivity contribution in [3.63, 3.8) is 0 Å². The molecule has 0 radical (unpaired) electrons. The molecule has 6 heteroatoms. The van der Waals surface area contributed by atoms with Crippen LogP contribution in [-0.4, -0.2) is 24.5 Å². The molecule has 1 heterocycles. The van der Waals surface area contributed by atoms with E-state index >= 15 is 0 Å². The van der Waals surface area contributed by atoms with Crippen LogP contribution in [0.5, 0.6) is 0 Å². The molecule has 1 fully saturated rings. The molecule has 126 valence electrons. The number of benzene rings is 1. The quantitative estimate of drug-likeness (QED) is 0.723. The normalized spacial score (nSPS) is 14.7. The highest BCUT2D eigenvalue weighted by Gasteiger charge is 2.23. The predicted octanol–water partition coefficient (Wildman–Crippen LogP) is 2.61. The minimum Gasteiger partial charge on any atom is -0.347 e. The van der Waals surface area contributed by atoms with Gasteiger partial charge in [-0.1, -0.05) is 36.4 Å². The third kappa shape index (κ3) is 5.09. The van der Waals surface area contributed by atoms with Crippen LogP contribution < -0.4 is 16.0 Å². The maximum Gasteiger partial charge on any atom is 0.315 e. The zero-order valence-electron chi connectivity index (χ0n) is 13.3. The summed E-state index contributed by atoms with van der Waals surface area (Å²) in [5.74, 6) is -0.185. The van der Waals surface area contributed by atoms with Gasteiger partial charge in [0.25, 0.3) is 0 Å². The molecule has 2 aromatic rings. The average Bonchev–Trinajstić information content (AvgIpc) is 3.22. The van der Waals surface area contributed by atoms with Crippen molar-refractivity contribution in [1.29, 1.82) is 0 Å². The highest BCUT2D eigenvalue weighted by molar-refractivity contribution is 7.10. The first-order chi connectivity index (χ1) is 11.7. The van der Waals surface area contributed by atoms with Crippen molar-refractivity contribution in [1.82, 2.24) is 16.0 Å². The molecule has 5 nitrogen and oxygen atoms in total. The lowest BCUT2D eigenvalue weighted by molar-refractivity contribution is -0.120. The van der Waals surface area contributed by atoms with Crippen LogP contribution in [0.2, 0.25) is 0 Å². The van der Waals surface area contributed by atoms with E-state index in [9.17, 15) is 9.59 Å². The summed E-state index contributed by atoms with van der Waals surface area (Å²) in [5, 5.41) is 10.4. The van der Waals surface area contributed by atoms with Crippen molar-refractivity contribution in [3.05, 3.63) is 58.3 Å². The van der Waals surface area contributed by atoms with E-state index in [1.54, 1.807) is 11.3 Å². The number of amides is 3. The number of thiophene rings is 1. The minimum atomic E-state index is -0.275. The Hall–Kier alpha value is -2.34. The highest BCUT2D eigenvalue weighted by atomic mass is 32.1. The Morgan fingerprint density at radius 2 is 1.92 bits per heavy atom.